The van der Waals surface area contributed by atoms with Crippen molar-refractivity contribution < 1.29 is 0 Å². The summed E-state index contributed by atoms with van der Waals surface area (Å²) >= 11 is 0. The van der Waals surface area contributed by atoms with Crippen molar-refractivity contribution in [1.82, 2.24) is 0 Å². The monoisotopic (exact) mass is 220 g/mol. The van der Waals surface area contributed by atoms with Gasteiger partial charge in [0.2, 0.25) is 0 Å². The van der Waals surface area contributed by atoms with Crippen LogP contribution in [0.4, 0.5) is 11.4 Å². The van der Waals surface area contributed by atoms with Crippen LogP contribution < -0.4 is 4.90 Å². The van der Waals surface area contributed by atoms with E-state index in [1.807, 2.05) is 24.3 Å². The molecule has 3 rings (SSSR count). The van der Waals surface area contributed by atoms with Gasteiger partial charge in [0.1, 0.15) is 0 Å². The molecule has 0 N–H and O–H groups in total. The second-order valence-corrected chi connectivity index (χ2v) is 4.19. The van der Waals surface area contributed by atoms with Crippen LogP contribution in [0.1, 0.15) is 11.1 Å². The number of para-hydroxylation sites is 1. The fourth-order valence-corrected chi connectivity index (χ4v) is 2.32. The Bertz CT molecular complexity index is 579. The van der Waals surface area contributed by atoms with E-state index in [1.54, 1.807) is 0 Å². The van der Waals surface area contributed by atoms with E-state index in [9.17, 15) is 0 Å². The summed E-state index contributed by atoms with van der Waals surface area (Å²) in [6.45, 7) is 1.02. The van der Waals surface area contributed by atoms with Crippen LogP contribution in [0.15, 0.2) is 48.5 Å². The summed E-state index contributed by atoms with van der Waals surface area (Å²) in [6, 6.07) is 18.4. The molecule has 17 heavy (non-hydrogen) atoms. The van der Waals surface area contributed by atoms with Gasteiger partial charge in [-0.3, -0.25) is 0 Å². The molecule has 2 aromatic rings. The Morgan fingerprint density at radius 1 is 1.00 bits per heavy atom. The second kappa shape index (κ2) is 3.95. The predicted molar refractivity (Wildman–Crippen MR) is 68.3 cm³/mol. The first-order valence-electron chi connectivity index (χ1n) is 5.74. The van der Waals surface area contributed by atoms with E-state index in [4.69, 9.17) is 5.26 Å². The largest absolute Gasteiger partial charge is 0.341 e. The molecule has 2 heteroatoms. The lowest BCUT2D eigenvalue weighted by Crippen LogP contribution is -2.12. The molecular formula is C15H12N2. The Balaban J connectivity index is 1.99. The average Bonchev–Trinajstić information content (AvgIpc) is 2.83. The van der Waals surface area contributed by atoms with Crippen LogP contribution in [0.5, 0.6) is 0 Å². The third-order valence-corrected chi connectivity index (χ3v) is 3.20. The number of nitriles is 1. The predicted octanol–water partition coefficient (Wildman–Crippen LogP) is 3.25. The van der Waals surface area contributed by atoms with Crippen LogP contribution in [0, 0.1) is 11.3 Å². The van der Waals surface area contributed by atoms with E-state index >= 15 is 0 Å². The van der Waals surface area contributed by atoms with Crippen molar-refractivity contribution in [3.05, 3.63) is 59.7 Å². The van der Waals surface area contributed by atoms with Crippen LogP contribution in [-0.4, -0.2) is 6.54 Å². The normalized spacial score (nSPS) is 13.2. The molecule has 0 aliphatic carbocycles. The number of benzene rings is 2. The van der Waals surface area contributed by atoms with E-state index in [2.05, 4.69) is 35.2 Å². The quantitative estimate of drug-likeness (QED) is 0.737. The van der Waals surface area contributed by atoms with Gasteiger partial charge in [-0.15, -0.1) is 0 Å². The SMILES string of the molecule is N#Cc1ccc(N2CCc3ccccc32)cc1. The van der Waals surface area contributed by atoms with E-state index in [0.717, 1.165) is 18.7 Å². The molecule has 2 nitrogen and oxygen atoms in total. The number of nitrogens with zero attached hydrogens (tertiary/aromatic N) is 2. The lowest BCUT2D eigenvalue weighted by molar-refractivity contribution is 0.998. The first-order chi connectivity index (χ1) is 8.38. The lowest BCUT2D eigenvalue weighted by atomic mass is 10.1. The molecule has 0 saturated heterocycles. The van der Waals surface area contributed by atoms with Gasteiger partial charge in [-0.1, -0.05) is 18.2 Å². The van der Waals surface area contributed by atoms with Gasteiger partial charge in [-0.2, -0.15) is 5.26 Å². The molecule has 1 heterocycles. The van der Waals surface area contributed by atoms with Crippen LogP contribution in [0.25, 0.3) is 0 Å². The molecule has 2 aromatic carbocycles. The highest BCUT2D eigenvalue weighted by molar-refractivity contribution is 5.70. The zero-order valence-electron chi connectivity index (χ0n) is 9.43. The Hall–Kier alpha value is -2.27. The van der Waals surface area contributed by atoms with E-state index in [-0.39, 0.29) is 0 Å². The highest BCUT2D eigenvalue weighted by Gasteiger charge is 2.19. The molecule has 82 valence electrons. The number of hydrogen-bond donors (Lipinski definition) is 0. The van der Waals surface area contributed by atoms with Gasteiger partial charge in [0, 0.05) is 17.9 Å². The van der Waals surface area contributed by atoms with Gasteiger partial charge in [-0.05, 0) is 42.3 Å². The van der Waals surface area contributed by atoms with Gasteiger partial charge in [0.25, 0.3) is 0 Å². The molecule has 0 atom stereocenters. The molecule has 0 aromatic heterocycles. The van der Waals surface area contributed by atoms with Crippen molar-refractivity contribution in [3.63, 3.8) is 0 Å². The van der Waals surface area contributed by atoms with Crippen molar-refractivity contribution in [1.29, 1.82) is 5.26 Å². The lowest BCUT2D eigenvalue weighted by Gasteiger charge is -2.19. The minimum Gasteiger partial charge on any atom is -0.341 e. The van der Waals surface area contributed by atoms with Crippen molar-refractivity contribution in [2.75, 3.05) is 11.4 Å². The molecule has 0 spiro atoms. The standard InChI is InChI=1S/C15H12N2/c16-11-12-5-7-14(8-6-12)17-10-9-13-3-1-2-4-15(13)17/h1-8H,9-10H2. The van der Waals surface area contributed by atoms with Crippen LogP contribution in [0.3, 0.4) is 0 Å². The van der Waals surface area contributed by atoms with Gasteiger partial charge < -0.3 is 4.90 Å². The molecule has 1 aliphatic heterocycles. The summed E-state index contributed by atoms with van der Waals surface area (Å²) < 4.78 is 0. The molecule has 0 bridgehead atoms. The van der Waals surface area contributed by atoms with Gasteiger partial charge in [0.05, 0.1) is 11.6 Å². The zero-order chi connectivity index (χ0) is 11.7. The van der Waals surface area contributed by atoms with Crippen LogP contribution >= 0.6 is 0 Å². The number of rotatable bonds is 1. The number of anilines is 2. The summed E-state index contributed by atoms with van der Waals surface area (Å²) in [6.07, 6.45) is 1.09. The molecule has 1 aliphatic rings. The van der Waals surface area contributed by atoms with Gasteiger partial charge in [-0.25, -0.2) is 0 Å². The first-order valence-corrected chi connectivity index (χ1v) is 5.74. The third kappa shape index (κ3) is 1.66. The maximum atomic E-state index is 8.79. The zero-order valence-corrected chi connectivity index (χ0v) is 9.43. The molecule has 0 unspecified atom stereocenters. The molecular weight excluding hydrogens is 208 g/mol. The van der Waals surface area contributed by atoms with Gasteiger partial charge >= 0.3 is 0 Å². The fourth-order valence-electron chi connectivity index (χ4n) is 2.32. The topological polar surface area (TPSA) is 27.0 Å². The van der Waals surface area contributed by atoms with Crippen molar-refractivity contribution in [3.8, 4) is 6.07 Å². The smallest absolute Gasteiger partial charge is 0.0991 e. The van der Waals surface area contributed by atoms with E-state index in [0.29, 0.717) is 5.56 Å². The summed E-state index contributed by atoms with van der Waals surface area (Å²) in [5.41, 5.74) is 4.56. The van der Waals surface area contributed by atoms with Gasteiger partial charge in [0.15, 0.2) is 0 Å². The summed E-state index contributed by atoms with van der Waals surface area (Å²) in [5, 5.41) is 8.79. The van der Waals surface area contributed by atoms with Crippen molar-refractivity contribution >= 4 is 11.4 Å². The summed E-state index contributed by atoms with van der Waals surface area (Å²) in [4.78, 5) is 2.30. The molecule has 0 fully saturated rings. The first kappa shape index (κ1) is 9.92. The number of hydrogen-bond acceptors (Lipinski definition) is 2. The maximum absolute atomic E-state index is 8.79. The van der Waals surface area contributed by atoms with Crippen LogP contribution in [-0.2, 0) is 6.42 Å². The summed E-state index contributed by atoms with van der Waals surface area (Å²) in [7, 11) is 0. The molecule has 0 radical (unpaired) electrons. The van der Waals surface area contributed by atoms with Crippen molar-refractivity contribution in [2.24, 2.45) is 0 Å². The minimum absolute atomic E-state index is 0.709. The average molecular weight is 220 g/mol. The van der Waals surface area contributed by atoms with E-state index < -0.39 is 0 Å². The second-order valence-electron chi connectivity index (χ2n) is 4.19. The molecule has 0 saturated carbocycles. The van der Waals surface area contributed by atoms with Crippen molar-refractivity contribution in [2.45, 2.75) is 6.42 Å². The highest BCUT2D eigenvalue weighted by atomic mass is 15.2. The fraction of sp³-hybridized carbons (Fsp3) is 0.133. The Morgan fingerprint density at radius 2 is 1.76 bits per heavy atom. The molecule has 0 amide bonds. The summed E-state index contributed by atoms with van der Waals surface area (Å²) in [5.74, 6) is 0. The highest BCUT2D eigenvalue weighted by Crippen LogP contribution is 2.33. The minimum atomic E-state index is 0.709. The Morgan fingerprint density at radius 3 is 2.53 bits per heavy atom. The third-order valence-electron chi connectivity index (χ3n) is 3.20. The number of fused-ring (bicyclic) bond motifs is 1. The Kier molecular flexibility index (Phi) is 2.31. The maximum Gasteiger partial charge on any atom is 0.0991 e. The van der Waals surface area contributed by atoms with E-state index in [1.165, 1.54) is 11.3 Å². The van der Waals surface area contributed by atoms with Crippen LogP contribution in [0.2, 0.25) is 0 Å². The Labute approximate surface area is 101 Å².